The summed E-state index contributed by atoms with van der Waals surface area (Å²) < 4.78 is 6.11. The molecule has 108 valence electrons. The Labute approximate surface area is 126 Å². The molecule has 6 heteroatoms. The quantitative estimate of drug-likeness (QED) is 0.840. The number of hydrogen-bond acceptors (Lipinski definition) is 4. The monoisotopic (exact) mass is 340 g/mol. The van der Waals surface area contributed by atoms with Gasteiger partial charge >= 0.3 is 5.97 Å². The lowest BCUT2D eigenvalue weighted by atomic mass is 9.92. The lowest BCUT2D eigenvalue weighted by molar-refractivity contribution is -0.157. The molecule has 0 saturated heterocycles. The van der Waals surface area contributed by atoms with Crippen molar-refractivity contribution in [2.24, 2.45) is 5.92 Å². The van der Waals surface area contributed by atoms with Gasteiger partial charge in [0.25, 0.3) is 0 Å². The number of nitrogens with zero attached hydrogens (tertiary/aromatic N) is 1. The van der Waals surface area contributed by atoms with E-state index in [4.69, 9.17) is 4.74 Å². The highest BCUT2D eigenvalue weighted by Gasteiger charge is 2.30. The summed E-state index contributed by atoms with van der Waals surface area (Å²) >= 11 is 3.35. The first kappa shape index (κ1) is 15.0. The summed E-state index contributed by atoms with van der Waals surface area (Å²) in [5.74, 6) is -0.380. The van der Waals surface area contributed by atoms with E-state index in [9.17, 15) is 9.59 Å². The smallest absolute Gasteiger partial charge is 0.307 e. The number of hydrogen-bond donors (Lipinski definition) is 1. The minimum absolute atomic E-state index is 0.0784. The lowest BCUT2D eigenvalue weighted by Gasteiger charge is -2.25. The molecule has 5 nitrogen and oxygen atoms in total. The van der Waals surface area contributed by atoms with E-state index in [2.05, 4.69) is 26.2 Å². The molecule has 1 aliphatic rings. The third kappa shape index (κ3) is 3.79. The molecule has 0 fully saturated rings. The van der Waals surface area contributed by atoms with Crippen LogP contribution in [0.25, 0.3) is 0 Å². The minimum Gasteiger partial charge on any atom is -0.460 e. The van der Waals surface area contributed by atoms with Crippen molar-refractivity contribution in [3.63, 3.8) is 0 Å². The van der Waals surface area contributed by atoms with Crippen molar-refractivity contribution in [2.45, 2.75) is 39.2 Å². The number of anilines is 1. The van der Waals surface area contributed by atoms with Crippen LogP contribution in [-0.4, -0.2) is 22.5 Å². The predicted octanol–water partition coefficient (Wildman–Crippen LogP) is 2.69. The van der Waals surface area contributed by atoms with Crippen molar-refractivity contribution in [3.8, 4) is 0 Å². The molecular formula is C14H17BrN2O3. The maximum Gasteiger partial charge on any atom is 0.307 e. The molecule has 0 radical (unpaired) electrons. The number of carbonyl (C=O) groups is 2. The molecule has 0 aliphatic carbocycles. The van der Waals surface area contributed by atoms with Crippen molar-refractivity contribution in [1.82, 2.24) is 4.98 Å². The summed E-state index contributed by atoms with van der Waals surface area (Å²) in [7, 11) is 0. The van der Waals surface area contributed by atoms with Gasteiger partial charge in [-0.1, -0.05) is 0 Å². The predicted molar refractivity (Wildman–Crippen MR) is 78.2 cm³/mol. The van der Waals surface area contributed by atoms with Gasteiger partial charge in [0.05, 0.1) is 12.3 Å². The fraction of sp³-hybridized carbons (Fsp3) is 0.500. The average molecular weight is 341 g/mol. The zero-order chi connectivity index (χ0) is 14.9. The van der Waals surface area contributed by atoms with Gasteiger partial charge in [-0.3, -0.25) is 9.59 Å². The number of carbonyl (C=O) groups excluding carboxylic acids is 2. The summed E-state index contributed by atoms with van der Waals surface area (Å²) in [5, 5.41) is 2.73. The first-order chi connectivity index (χ1) is 9.24. The van der Waals surface area contributed by atoms with Crippen molar-refractivity contribution in [2.75, 3.05) is 5.32 Å². The van der Waals surface area contributed by atoms with Gasteiger partial charge in [0, 0.05) is 10.7 Å². The van der Waals surface area contributed by atoms with Gasteiger partial charge in [-0.25, -0.2) is 4.98 Å². The van der Waals surface area contributed by atoms with E-state index in [1.807, 2.05) is 26.8 Å². The zero-order valence-electron chi connectivity index (χ0n) is 11.7. The van der Waals surface area contributed by atoms with Crippen molar-refractivity contribution in [3.05, 3.63) is 22.3 Å². The average Bonchev–Trinajstić information content (AvgIpc) is 2.28. The molecular weight excluding hydrogens is 324 g/mol. The van der Waals surface area contributed by atoms with E-state index in [0.29, 0.717) is 12.2 Å². The minimum atomic E-state index is -0.537. The molecule has 0 saturated carbocycles. The number of ether oxygens (including phenoxy) is 1. The van der Waals surface area contributed by atoms with Crippen LogP contribution in [0.3, 0.4) is 0 Å². The Kier molecular flexibility index (Phi) is 4.13. The molecule has 20 heavy (non-hydrogen) atoms. The maximum absolute atomic E-state index is 12.0. The van der Waals surface area contributed by atoms with Crippen LogP contribution in [0.5, 0.6) is 0 Å². The Morgan fingerprint density at radius 2 is 2.25 bits per heavy atom. The summed E-state index contributed by atoms with van der Waals surface area (Å²) in [4.78, 5) is 27.9. The topological polar surface area (TPSA) is 68.3 Å². The third-order valence-electron chi connectivity index (χ3n) is 2.85. The molecule has 1 unspecified atom stereocenters. The number of pyridine rings is 1. The van der Waals surface area contributed by atoms with Crippen LogP contribution in [0, 0.1) is 5.92 Å². The van der Waals surface area contributed by atoms with E-state index in [-0.39, 0.29) is 18.3 Å². The number of rotatable bonds is 2. The highest BCUT2D eigenvalue weighted by molar-refractivity contribution is 9.10. The molecule has 1 aliphatic heterocycles. The summed E-state index contributed by atoms with van der Waals surface area (Å²) in [5.41, 5.74) is 0.387. The van der Waals surface area contributed by atoms with E-state index in [1.165, 1.54) is 0 Å². The SMILES string of the molecule is CC(C)(C)OC(=O)CC1Cc2cc(Br)cnc2NC1=O. The molecule has 0 aromatic carbocycles. The fourth-order valence-electron chi connectivity index (χ4n) is 2.08. The Morgan fingerprint density at radius 1 is 1.55 bits per heavy atom. The summed E-state index contributed by atoms with van der Waals surface area (Å²) in [6, 6.07) is 1.91. The molecule has 1 aromatic heterocycles. The van der Waals surface area contributed by atoms with Crippen LogP contribution in [0.15, 0.2) is 16.7 Å². The summed E-state index contributed by atoms with van der Waals surface area (Å²) in [6.07, 6.45) is 2.20. The Balaban J connectivity index is 2.07. The second-order valence-corrected chi connectivity index (χ2v) is 6.76. The maximum atomic E-state index is 12.0. The van der Waals surface area contributed by atoms with Gasteiger partial charge in [-0.15, -0.1) is 0 Å². The van der Waals surface area contributed by atoms with E-state index < -0.39 is 11.5 Å². The van der Waals surface area contributed by atoms with Gasteiger partial charge in [0.15, 0.2) is 0 Å². The van der Waals surface area contributed by atoms with E-state index in [1.54, 1.807) is 6.20 Å². The van der Waals surface area contributed by atoms with Crippen molar-refractivity contribution in [1.29, 1.82) is 0 Å². The molecule has 1 N–H and O–H groups in total. The number of aromatic nitrogens is 1. The van der Waals surface area contributed by atoms with E-state index >= 15 is 0 Å². The molecule has 1 aromatic rings. The van der Waals surface area contributed by atoms with Crippen LogP contribution in [0.2, 0.25) is 0 Å². The van der Waals surface area contributed by atoms with Crippen LogP contribution < -0.4 is 5.32 Å². The molecule has 2 heterocycles. The number of esters is 1. The zero-order valence-corrected chi connectivity index (χ0v) is 13.3. The lowest BCUT2D eigenvalue weighted by Crippen LogP contribution is -2.34. The summed E-state index contributed by atoms with van der Waals surface area (Å²) in [6.45, 7) is 5.42. The molecule has 2 rings (SSSR count). The molecule has 1 atom stereocenters. The third-order valence-corrected chi connectivity index (χ3v) is 3.28. The number of halogens is 1. The van der Waals surface area contributed by atoms with Gasteiger partial charge in [0.2, 0.25) is 5.91 Å². The first-order valence-electron chi connectivity index (χ1n) is 6.42. The Morgan fingerprint density at radius 3 is 2.90 bits per heavy atom. The van der Waals surface area contributed by atoms with Gasteiger partial charge in [0.1, 0.15) is 11.4 Å². The number of amides is 1. The standard InChI is InChI=1S/C14H17BrN2O3/c1-14(2,3)20-11(18)6-9-4-8-5-10(15)7-16-12(8)17-13(9)19/h5,7,9H,4,6H2,1-3H3,(H,16,17,19). The number of nitrogens with one attached hydrogen (secondary N) is 1. The van der Waals surface area contributed by atoms with Crippen LogP contribution in [0.1, 0.15) is 32.8 Å². The first-order valence-corrected chi connectivity index (χ1v) is 7.21. The molecule has 1 amide bonds. The van der Waals surface area contributed by atoms with E-state index in [0.717, 1.165) is 10.0 Å². The van der Waals surface area contributed by atoms with Crippen LogP contribution in [0.4, 0.5) is 5.82 Å². The van der Waals surface area contributed by atoms with Crippen LogP contribution in [-0.2, 0) is 20.7 Å². The van der Waals surface area contributed by atoms with Gasteiger partial charge < -0.3 is 10.1 Å². The highest BCUT2D eigenvalue weighted by Crippen LogP contribution is 2.28. The fourth-order valence-corrected chi connectivity index (χ4v) is 2.45. The van der Waals surface area contributed by atoms with Gasteiger partial charge in [-0.05, 0) is 54.8 Å². The van der Waals surface area contributed by atoms with Crippen molar-refractivity contribution >= 4 is 33.6 Å². The largest absolute Gasteiger partial charge is 0.460 e. The normalized spacial score (nSPS) is 18.2. The number of fused-ring (bicyclic) bond motifs is 1. The van der Waals surface area contributed by atoms with Crippen LogP contribution >= 0.6 is 15.9 Å². The Bertz CT molecular complexity index is 552. The van der Waals surface area contributed by atoms with Crippen molar-refractivity contribution < 1.29 is 14.3 Å². The highest BCUT2D eigenvalue weighted by atomic mass is 79.9. The molecule has 0 bridgehead atoms. The molecule has 0 spiro atoms. The second kappa shape index (κ2) is 5.52. The van der Waals surface area contributed by atoms with Gasteiger partial charge in [-0.2, -0.15) is 0 Å². The second-order valence-electron chi connectivity index (χ2n) is 5.84. The Hall–Kier alpha value is -1.43.